The van der Waals surface area contributed by atoms with Gasteiger partial charge in [0.2, 0.25) is 10.0 Å². The molecule has 1 aromatic carbocycles. The molecular formula is C16H25NO3S. The van der Waals surface area contributed by atoms with E-state index in [9.17, 15) is 8.42 Å². The smallest absolute Gasteiger partial charge is 0.243 e. The van der Waals surface area contributed by atoms with Crippen molar-refractivity contribution in [1.29, 1.82) is 0 Å². The second-order valence-electron chi connectivity index (χ2n) is 6.12. The maximum Gasteiger partial charge on any atom is 0.243 e. The fourth-order valence-electron chi connectivity index (χ4n) is 3.13. The van der Waals surface area contributed by atoms with Crippen LogP contribution in [0.5, 0.6) is 0 Å². The van der Waals surface area contributed by atoms with Crippen LogP contribution in [0.25, 0.3) is 0 Å². The standard InChI is InChI=1S/C16H25NO3S/c1-11-9-12(2)14(4)16(13(11)3)21(19,20)17-7-5-15(10-17)6-8-18/h9,15,18H,5-8,10H2,1-4H3. The van der Waals surface area contributed by atoms with Crippen LogP contribution in [0.1, 0.15) is 35.1 Å². The molecule has 1 N–H and O–H groups in total. The zero-order chi connectivity index (χ0) is 15.8. The second-order valence-corrected chi connectivity index (χ2v) is 7.99. The van der Waals surface area contributed by atoms with Crippen LogP contribution in [0, 0.1) is 33.6 Å². The molecule has 1 unspecified atom stereocenters. The molecule has 0 aliphatic carbocycles. The van der Waals surface area contributed by atoms with Gasteiger partial charge in [-0.05, 0) is 68.7 Å². The summed E-state index contributed by atoms with van der Waals surface area (Å²) in [7, 11) is -3.44. The van der Waals surface area contributed by atoms with Gasteiger partial charge in [-0.2, -0.15) is 4.31 Å². The average molecular weight is 311 g/mol. The number of rotatable bonds is 4. The Morgan fingerprint density at radius 2 is 1.76 bits per heavy atom. The van der Waals surface area contributed by atoms with Crippen LogP contribution in [0.15, 0.2) is 11.0 Å². The van der Waals surface area contributed by atoms with Gasteiger partial charge in [-0.25, -0.2) is 8.42 Å². The number of hydrogen-bond acceptors (Lipinski definition) is 3. The number of benzene rings is 1. The first kappa shape index (κ1) is 16.5. The first-order chi connectivity index (χ1) is 9.78. The van der Waals surface area contributed by atoms with Gasteiger partial charge >= 0.3 is 0 Å². The summed E-state index contributed by atoms with van der Waals surface area (Å²) in [6.07, 6.45) is 1.51. The Labute approximate surface area is 127 Å². The van der Waals surface area contributed by atoms with Crippen LogP contribution in [0.3, 0.4) is 0 Å². The van der Waals surface area contributed by atoms with Crippen LogP contribution >= 0.6 is 0 Å². The largest absolute Gasteiger partial charge is 0.396 e. The fourth-order valence-corrected chi connectivity index (χ4v) is 5.24. The Bertz CT molecular complexity index is 611. The van der Waals surface area contributed by atoms with Crippen molar-refractivity contribution in [1.82, 2.24) is 4.31 Å². The minimum absolute atomic E-state index is 0.125. The topological polar surface area (TPSA) is 57.6 Å². The lowest BCUT2D eigenvalue weighted by Crippen LogP contribution is -2.30. The summed E-state index contributed by atoms with van der Waals surface area (Å²) >= 11 is 0. The van der Waals surface area contributed by atoms with Crippen molar-refractivity contribution in [3.05, 3.63) is 28.3 Å². The monoisotopic (exact) mass is 311 g/mol. The lowest BCUT2D eigenvalue weighted by atomic mass is 10.0. The number of sulfonamides is 1. The average Bonchev–Trinajstić information content (AvgIpc) is 2.86. The van der Waals surface area contributed by atoms with Crippen LogP contribution in [0.2, 0.25) is 0 Å². The van der Waals surface area contributed by atoms with Crippen molar-refractivity contribution >= 4 is 10.0 Å². The number of hydrogen-bond donors (Lipinski definition) is 1. The second kappa shape index (κ2) is 6.07. The van der Waals surface area contributed by atoms with E-state index in [0.717, 1.165) is 28.7 Å². The first-order valence-corrected chi connectivity index (χ1v) is 8.91. The third kappa shape index (κ3) is 3.00. The molecule has 0 saturated carbocycles. The highest BCUT2D eigenvalue weighted by Gasteiger charge is 2.34. The van der Waals surface area contributed by atoms with Crippen LogP contribution < -0.4 is 0 Å². The summed E-state index contributed by atoms with van der Waals surface area (Å²) < 4.78 is 27.6. The van der Waals surface area contributed by atoms with Crippen molar-refractivity contribution in [3.8, 4) is 0 Å². The highest BCUT2D eigenvalue weighted by Crippen LogP contribution is 2.32. The van der Waals surface area contributed by atoms with Gasteiger partial charge in [0.1, 0.15) is 0 Å². The molecule has 0 spiro atoms. The maximum atomic E-state index is 13.0. The Morgan fingerprint density at radius 1 is 1.19 bits per heavy atom. The van der Waals surface area contributed by atoms with E-state index in [4.69, 9.17) is 5.11 Å². The predicted molar refractivity (Wildman–Crippen MR) is 84.0 cm³/mol. The maximum absolute atomic E-state index is 13.0. The minimum atomic E-state index is -3.44. The predicted octanol–water partition coefficient (Wildman–Crippen LogP) is 2.31. The summed E-state index contributed by atoms with van der Waals surface area (Å²) in [6.45, 7) is 8.89. The molecular weight excluding hydrogens is 286 g/mol. The highest BCUT2D eigenvalue weighted by molar-refractivity contribution is 7.89. The molecule has 1 atom stereocenters. The Balaban J connectivity index is 2.42. The van der Waals surface area contributed by atoms with Crippen LogP contribution in [-0.4, -0.2) is 37.5 Å². The molecule has 1 aliphatic rings. The lowest BCUT2D eigenvalue weighted by Gasteiger charge is -2.21. The van der Waals surface area contributed by atoms with E-state index < -0.39 is 10.0 Å². The first-order valence-electron chi connectivity index (χ1n) is 7.47. The Kier molecular flexibility index (Phi) is 4.76. The van der Waals surface area contributed by atoms with Crippen molar-refractivity contribution in [2.24, 2.45) is 5.92 Å². The number of aliphatic hydroxyl groups excluding tert-OH is 1. The minimum Gasteiger partial charge on any atom is -0.396 e. The molecule has 0 bridgehead atoms. The van der Waals surface area contributed by atoms with E-state index in [1.54, 1.807) is 4.31 Å². The van der Waals surface area contributed by atoms with Crippen LogP contribution in [-0.2, 0) is 10.0 Å². The highest BCUT2D eigenvalue weighted by atomic mass is 32.2. The zero-order valence-corrected chi connectivity index (χ0v) is 14.1. The molecule has 1 fully saturated rings. The molecule has 1 heterocycles. The van der Waals surface area contributed by atoms with Gasteiger partial charge in [0, 0.05) is 19.7 Å². The van der Waals surface area contributed by atoms with E-state index in [1.807, 2.05) is 33.8 Å². The van der Waals surface area contributed by atoms with Crippen molar-refractivity contribution in [2.45, 2.75) is 45.4 Å². The zero-order valence-electron chi connectivity index (χ0n) is 13.3. The summed E-state index contributed by atoms with van der Waals surface area (Å²) in [6, 6.07) is 2.04. The van der Waals surface area contributed by atoms with Gasteiger partial charge in [-0.1, -0.05) is 6.07 Å². The summed E-state index contributed by atoms with van der Waals surface area (Å²) in [5.41, 5.74) is 3.73. The van der Waals surface area contributed by atoms with Gasteiger partial charge in [-0.15, -0.1) is 0 Å². The van der Waals surface area contributed by atoms with Crippen molar-refractivity contribution < 1.29 is 13.5 Å². The third-order valence-corrected chi connectivity index (χ3v) is 6.82. The van der Waals surface area contributed by atoms with Gasteiger partial charge in [0.15, 0.2) is 0 Å². The number of aryl methyl sites for hydroxylation is 2. The molecule has 118 valence electrons. The van der Waals surface area contributed by atoms with E-state index >= 15 is 0 Å². The number of nitrogens with zero attached hydrogens (tertiary/aromatic N) is 1. The van der Waals surface area contributed by atoms with Gasteiger partial charge in [0.05, 0.1) is 4.90 Å². The van der Waals surface area contributed by atoms with Gasteiger partial charge < -0.3 is 5.11 Å². The SMILES string of the molecule is Cc1cc(C)c(C)c(S(=O)(=O)N2CCC(CCO)C2)c1C. The third-order valence-electron chi connectivity index (χ3n) is 4.68. The number of aliphatic hydroxyl groups is 1. The normalized spacial score (nSPS) is 20.1. The molecule has 1 saturated heterocycles. The molecule has 0 aromatic heterocycles. The summed E-state index contributed by atoms with van der Waals surface area (Å²) in [5, 5.41) is 9.03. The van der Waals surface area contributed by atoms with E-state index in [0.29, 0.717) is 24.4 Å². The lowest BCUT2D eigenvalue weighted by molar-refractivity contribution is 0.259. The van der Waals surface area contributed by atoms with E-state index in [2.05, 4.69) is 0 Å². The van der Waals surface area contributed by atoms with Gasteiger partial charge in [0.25, 0.3) is 0 Å². The van der Waals surface area contributed by atoms with E-state index in [1.165, 1.54) is 0 Å². The summed E-state index contributed by atoms with van der Waals surface area (Å²) in [4.78, 5) is 0.477. The van der Waals surface area contributed by atoms with Crippen LogP contribution in [0.4, 0.5) is 0 Å². The molecule has 2 rings (SSSR count). The molecule has 1 aromatic rings. The molecule has 4 nitrogen and oxygen atoms in total. The fraction of sp³-hybridized carbons (Fsp3) is 0.625. The van der Waals surface area contributed by atoms with Gasteiger partial charge in [-0.3, -0.25) is 0 Å². The Hall–Kier alpha value is -0.910. The quantitative estimate of drug-likeness (QED) is 0.928. The molecule has 0 radical (unpaired) electrons. The van der Waals surface area contributed by atoms with E-state index in [-0.39, 0.29) is 12.5 Å². The molecule has 0 amide bonds. The molecule has 21 heavy (non-hydrogen) atoms. The molecule has 5 heteroatoms. The van der Waals surface area contributed by atoms with Crippen molar-refractivity contribution in [2.75, 3.05) is 19.7 Å². The Morgan fingerprint density at radius 3 is 2.29 bits per heavy atom. The van der Waals surface area contributed by atoms with Crippen molar-refractivity contribution in [3.63, 3.8) is 0 Å². The molecule has 1 aliphatic heterocycles. The summed E-state index contributed by atoms with van der Waals surface area (Å²) in [5.74, 6) is 0.274.